The second-order valence-electron chi connectivity index (χ2n) is 6.19. The fourth-order valence-corrected chi connectivity index (χ4v) is 3.77. The van der Waals surface area contributed by atoms with Gasteiger partial charge in [-0.15, -0.1) is 0 Å². The van der Waals surface area contributed by atoms with Crippen LogP contribution < -0.4 is 4.72 Å². The van der Waals surface area contributed by atoms with E-state index in [-0.39, 0.29) is 27.9 Å². The van der Waals surface area contributed by atoms with E-state index in [1.165, 1.54) is 12.1 Å². The lowest BCUT2D eigenvalue weighted by molar-refractivity contribution is -0.0429. The van der Waals surface area contributed by atoms with Gasteiger partial charge in [-0.05, 0) is 31.0 Å². The number of benzene rings is 1. The van der Waals surface area contributed by atoms with Crippen LogP contribution in [-0.4, -0.2) is 19.1 Å². The molecule has 3 rings (SSSR count). The van der Waals surface area contributed by atoms with Gasteiger partial charge in [0.1, 0.15) is 11.5 Å². The highest BCUT2D eigenvalue weighted by Crippen LogP contribution is 2.37. The summed E-state index contributed by atoms with van der Waals surface area (Å²) in [6.07, 6.45) is 5.23. The van der Waals surface area contributed by atoms with Crippen molar-refractivity contribution in [1.82, 2.24) is 5.16 Å². The SMILES string of the molecule is O=S(=O)(Nc1ccc(Cl)cc1-c1cc(C2CCCCC2)on1)C(F)(F)F. The van der Waals surface area contributed by atoms with Gasteiger partial charge >= 0.3 is 15.5 Å². The lowest BCUT2D eigenvalue weighted by Gasteiger charge is -2.18. The van der Waals surface area contributed by atoms with Crippen molar-refractivity contribution >= 4 is 27.3 Å². The lowest BCUT2D eigenvalue weighted by Crippen LogP contribution is -2.30. The van der Waals surface area contributed by atoms with Gasteiger partial charge in [0.2, 0.25) is 0 Å². The van der Waals surface area contributed by atoms with Crippen LogP contribution in [0.4, 0.5) is 18.9 Å². The zero-order valence-corrected chi connectivity index (χ0v) is 15.1. The van der Waals surface area contributed by atoms with Crippen molar-refractivity contribution in [2.24, 2.45) is 0 Å². The Kier molecular flexibility index (Phi) is 5.21. The predicted molar refractivity (Wildman–Crippen MR) is 91.4 cm³/mol. The number of alkyl halides is 3. The van der Waals surface area contributed by atoms with Gasteiger partial charge in [-0.1, -0.05) is 36.0 Å². The van der Waals surface area contributed by atoms with E-state index in [2.05, 4.69) is 5.16 Å². The Morgan fingerprint density at radius 3 is 2.50 bits per heavy atom. The molecule has 0 unspecified atom stereocenters. The molecule has 0 spiro atoms. The molecule has 1 N–H and O–H groups in total. The molecule has 0 radical (unpaired) electrons. The molecule has 0 atom stereocenters. The third kappa shape index (κ3) is 3.98. The Morgan fingerprint density at radius 2 is 1.85 bits per heavy atom. The lowest BCUT2D eigenvalue weighted by atomic mass is 9.87. The molecule has 0 bridgehead atoms. The van der Waals surface area contributed by atoms with Gasteiger partial charge in [0.25, 0.3) is 0 Å². The molecule has 1 heterocycles. The number of aromatic nitrogens is 1. The van der Waals surface area contributed by atoms with E-state index >= 15 is 0 Å². The number of anilines is 1. The molecule has 1 aliphatic carbocycles. The first-order valence-electron chi connectivity index (χ1n) is 8.03. The Hall–Kier alpha value is -1.74. The molecule has 1 saturated carbocycles. The second-order valence-corrected chi connectivity index (χ2v) is 8.30. The molecule has 0 amide bonds. The number of hydrogen-bond donors (Lipinski definition) is 1. The monoisotopic (exact) mass is 408 g/mol. The van der Waals surface area contributed by atoms with Crippen LogP contribution in [0.1, 0.15) is 43.8 Å². The van der Waals surface area contributed by atoms with E-state index < -0.39 is 15.5 Å². The molecule has 1 aromatic carbocycles. The minimum absolute atomic E-state index is 0.121. The van der Waals surface area contributed by atoms with Crippen LogP contribution in [0, 0.1) is 0 Å². The molecule has 10 heteroatoms. The van der Waals surface area contributed by atoms with E-state index in [1.54, 1.807) is 10.8 Å². The largest absolute Gasteiger partial charge is 0.516 e. The normalized spacial score (nSPS) is 16.6. The first-order valence-corrected chi connectivity index (χ1v) is 9.89. The van der Waals surface area contributed by atoms with Crippen LogP contribution >= 0.6 is 11.6 Å². The molecule has 0 aliphatic heterocycles. The highest BCUT2D eigenvalue weighted by atomic mass is 35.5. The average Bonchev–Trinajstić information content (AvgIpc) is 3.06. The van der Waals surface area contributed by atoms with Crippen LogP contribution in [0.3, 0.4) is 0 Å². The predicted octanol–water partition coefficient (Wildman–Crippen LogP) is 5.30. The first kappa shape index (κ1) is 19.0. The molecular formula is C16H16ClF3N2O3S. The maximum absolute atomic E-state index is 12.7. The fraction of sp³-hybridized carbons (Fsp3) is 0.438. The number of nitrogens with one attached hydrogen (secondary N) is 1. The summed E-state index contributed by atoms with van der Waals surface area (Å²) in [5.74, 6) is 0.851. The van der Waals surface area contributed by atoms with Gasteiger partial charge in [0.15, 0.2) is 0 Å². The van der Waals surface area contributed by atoms with E-state index in [4.69, 9.17) is 16.1 Å². The topological polar surface area (TPSA) is 72.2 Å². The molecule has 5 nitrogen and oxygen atoms in total. The van der Waals surface area contributed by atoms with Crippen LogP contribution in [-0.2, 0) is 10.0 Å². The second kappa shape index (κ2) is 7.11. The molecule has 142 valence electrons. The summed E-state index contributed by atoms with van der Waals surface area (Å²) in [5, 5.41) is 4.14. The molecule has 2 aromatic rings. The maximum Gasteiger partial charge on any atom is 0.516 e. The smallest absolute Gasteiger partial charge is 0.360 e. The zero-order valence-electron chi connectivity index (χ0n) is 13.5. The zero-order chi connectivity index (χ0) is 18.9. The number of halogens is 4. The summed E-state index contributed by atoms with van der Waals surface area (Å²) in [6.45, 7) is 0. The average molecular weight is 409 g/mol. The van der Waals surface area contributed by atoms with Crippen LogP contribution in [0.2, 0.25) is 5.02 Å². The van der Waals surface area contributed by atoms with E-state index in [0.29, 0.717) is 5.76 Å². The third-order valence-electron chi connectivity index (χ3n) is 4.34. The molecule has 26 heavy (non-hydrogen) atoms. The van der Waals surface area contributed by atoms with E-state index in [1.807, 2.05) is 0 Å². The Morgan fingerprint density at radius 1 is 1.15 bits per heavy atom. The highest BCUT2D eigenvalue weighted by Gasteiger charge is 2.46. The van der Waals surface area contributed by atoms with Crippen LogP contribution in [0.5, 0.6) is 0 Å². The minimum atomic E-state index is -5.56. The van der Waals surface area contributed by atoms with Crippen LogP contribution in [0.15, 0.2) is 28.8 Å². The van der Waals surface area contributed by atoms with Gasteiger partial charge in [-0.25, -0.2) is 0 Å². The molecule has 1 aromatic heterocycles. The van der Waals surface area contributed by atoms with Gasteiger partial charge in [-0.2, -0.15) is 21.6 Å². The number of hydrogen-bond acceptors (Lipinski definition) is 4. The summed E-state index contributed by atoms with van der Waals surface area (Å²) >= 11 is 5.93. The summed E-state index contributed by atoms with van der Waals surface area (Å²) in [4.78, 5) is 0. The number of nitrogens with zero attached hydrogens (tertiary/aromatic N) is 1. The third-order valence-corrected chi connectivity index (χ3v) is 5.68. The van der Waals surface area contributed by atoms with Crippen molar-refractivity contribution in [1.29, 1.82) is 0 Å². The quantitative estimate of drug-likeness (QED) is 0.744. The van der Waals surface area contributed by atoms with Crippen molar-refractivity contribution in [3.8, 4) is 11.3 Å². The first-order chi connectivity index (χ1) is 12.2. The van der Waals surface area contributed by atoms with Gasteiger partial charge in [0, 0.05) is 22.6 Å². The Bertz CT molecular complexity index is 890. The maximum atomic E-state index is 12.7. The molecule has 1 aliphatic rings. The van der Waals surface area contributed by atoms with Crippen molar-refractivity contribution in [3.05, 3.63) is 35.0 Å². The van der Waals surface area contributed by atoms with Gasteiger partial charge in [0.05, 0.1) is 5.69 Å². The summed E-state index contributed by atoms with van der Waals surface area (Å²) in [7, 11) is -5.56. The van der Waals surface area contributed by atoms with Crippen molar-refractivity contribution < 1.29 is 26.1 Å². The summed E-state index contributed by atoms with van der Waals surface area (Å²) in [5.41, 5.74) is -5.35. The highest BCUT2D eigenvalue weighted by molar-refractivity contribution is 7.93. The molecular weight excluding hydrogens is 393 g/mol. The van der Waals surface area contributed by atoms with Crippen LogP contribution in [0.25, 0.3) is 11.3 Å². The van der Waals surface area contributed by atoms with E-state index in [9.17, 15) is 21.6 Å². The number of rotatable bonds is 4. The number of sulfonamides is 1. The summed E-state index contributed by atoms with van der Waals surface area (Å²) in [6, 6.07) is 5.43. The summed E-state index contributed by atoms with van der Waals surface area (Å²) < 4.78 is 67.8. The molecule has 0 saturated heterocycles. The Labute approximate surface area is 153 Å². The fourth-order valence-electron chi connectivity index (χ4n) is 3.02. The van der Waals surface area contributed by atoms with Gasteiger partial charge < -0.3 is 4.52 Å². The standard InChI is InChI=1S/C16H16ClF3N2O3S/c17-11-6-7-13(22-26(23,24)16(18,19)20)12(8-11)14-9-15(25-21-14)10-4-2-1-3-5-10/h6-10,22H,1-5H2. The van der Waals surface area contributed by atoms with Crippen molar-refractivity contribution in [2.75, 3.05) is 4.72 Å². The molecule has 1 fully saturated rings. The van der Waals surface area contributed by atoms with E-state index in [0.717, 1.165) is 38.2 Å². The van der Waals surface area contributed by atoms with Gasteiger partial charge in [-0.3, -0.25) is 4.72 Å². The van der Waals surface area contributed by atoms with Crippen molar-refractivity contribution in [3.63, 3.8) is 0 Å². The van der Waals surface area contributed by atoms with Crippen molar-refractivity contribution in [2.45, 2.75) is 43.5 Å². The Balaban J connectivity index is 1.95. The minimum Gasteiger partial charge on any atom is -0.360 e.